The second-order valence-electron chi connectivity index (χ2n) is 3.63. The third-order valence-electron chi connectivity index (χ3n) is 2.22. The van der Waals surface area contributed by atoms with Crippen molar-refractivity contribution in [2.24, 2.45) is 0 Å². The molecule has 2 rings (SSSR count). The van der Waals surface area contributed by atoms with Crippen LogP contribution in [0.25, 0.3) is 0 Å². The molecule has 0 spiro atoms. The highest BCUT2D eigenvalue weighted by Crippen LogP contribution is 2.19. The highest BCUT2D eigenvalue weighted by Gasteiger charge is 2.20. The second-order valence-corrected chi connectivity index (χ2v) is 3.63. The summed E-state index contributed by atoms with van der Waals surface area (Å²) in [5.74, 6) is 1.84. The van der Waals surface area contributed by atoms with Crippen molar-refractivity contribution in [1.29, 1.82) is 0 Å². The van der Waals surface area contributed by atoms with Gasteiger partial charge in [-0.15, -0.1) is 0 Å². The number of hydrogen-bond acceptors (Lipinski definition) is 3. The molecule has 0 radical (unpaired) electrons. The topological polar surface area (TPSA) is 38.1 Å². The Morgan fingerprint density at radius 2 is 2.46 bits per heavy atom. The van der Waals surface area contributed by atoms with Crippen molar-refractivity contribution in [3.63, 3.8) is 0 Å². The zero-order chi connectivity index (χ0) is 9.10. The first-order valence-corrected chi connectivity index (χ1v) is 5.05. The molecular formula is C10H16N2O. The number of nitrogens with one attached hydrogen (secondary N) is 1. The van der Waals surface area contributed by atoms with Gasteiger partial charge in [0.15, 0.2) is 0 Å². The third-order valence-corrected chi connectivity index (χ3v) is 2.22. The van der Waals surface area contributed by atoms with Crippen LogP contribution in [0.2, 0.25) is 0 Å². The largest absolute Gasteiger partial charge is 0.444 e. The SMILES string of the molecule is CCCc1cnc(CNC2CC2)o1. The highest BCUT2D eigenvalue weighted by molar-refractivity contribution is 4.95. The number of nitrogens with zero attached hydrogens (tertiary/aromatic N) is 1. The average Bonchev–Trinajstić information content (AvgIpc) is 2.85. The molecule has 0 aromatic carbocycles. The van der Waals surface area contributed by atoms with Crippen LogP contribution >= 0.6 is 0 Å². The third kappa shape index (κ3) is 2.56. The molecule has 13 heavy (non-hydrogen) atoms. The van der Waals surface area contributed by atoms with Gasteiger partial charge in [-0.25, -0.2) is 4.98 Å². The van der Waals surface area contributed by atoms with E-state index in [2.05, 4.69) is 17.2 Å². The lowest BCUT2D eigenvalue weighted by Crippen LogP contribution is -2.15. The summed E-state index contributed by atoms with van der Waals surface area (Å²) in [6.45, 7) is 2.93. The van der Waals surface area contributed by atoms with Gasteiger partial charge in [0.05, 0.1) is 12.7 Å². The highest BCUT2D eigenvalue weighted by atomic mass is 16.4. The molecule has 1 N–H and O–H groups in total. The Labute approximate surface area is 78.5 Å². The Morgan fingerprint density at radius 1 is 1.62 bits per heavy atom. The van der Waals surface area contributed by atoms with Crippen molar-refractivity contribution in [1.82, 2.24) is 10.3 Å². The molecule has 0 unspecified atom stereocenters. The number of oxazole rings is 1. The molecule has 1 fully saturated rings. The van der Waals surface area contributed by atoms with E-state index in [0.717, 1.165) is 37.1 Å². The van der Waals surface area contributed by atoms with E-state index in [1.165, 1.54) is 12.8 Å². The monoisotopic (exact) mass is 180 g/mol. The molecule has 0 bridgehead atoms. The van der Waals surface area contributed by atoms with E-state index in [1.54, 1.807) is 0 Å². The molecule has 3 nitrogen and oxygen atoms in total. The maximum Gasteiger partial charge on any atom is 0.208 e. The van der Waals surface area contributed by atoms with Crippen LogP contribution < -0.4 is 5.32 Å². The fraction of sp³-hybridized carbons (Fsp3) is 0.700. The Morgan fingerprint density at radius 3 is 3.15 bits per heavy atom. The first kappa shape index (κ1) is 8.75. The van der Waals surface area contributed by atoms with E-state index in [9.17, 15) is 0 Å². The van der Waals surface area contributed by atoms with Gasteiger partial charge in [0.2, 0.25) is 5.89 Å². The summed E-state index contributed by atoms with van der Waals surface area (Å²) < 4.78 is 5.53. The fourth-order valence-electron chi connectivity index (χ4n) is 1.31. The van der Waals surface area contributed by atoms with Gasteiger partial charge in [0.1, 0.15) is 5.76 Å². The van der Waals surface area contributed by atoms with Crippen LogP contribution in [-0.2, 0) is 13.0 Å². The zero-order valence-electron chi connectivity index (χ0n) is 8.05. The molecule has 1 aromatic rings. The maximum absolute atomic E-state index is 5.53. The van der Waals surface area contributed by atoms with E-state index in [4.69, 9.17) is 4.42 Å². The molecule has 0 saturated heterocycles. The minimum absolute atomic E-state index is 0.724. The molecule has 1 aliphatic carbocycles. The minimum Gasteiger partial charge on any atom is -0.444 e. The molecule has 72 valence electrons. The van der Waals surface area contributed by atoms with Crippen molar-refractivity contribution in [3.05, 3.63) is 17.8 Å². The zero-order valence-corrected chi connectivity index (χ0v) is 8.05. The Balaban J connectivity index is 1.81. The van der Waals surface area contributed by atoms with Crippen LogP contribution in [0.15, 0.2) is 10.6 Å². The lowest BCUT2D eigenvalue weighted by molar-refractivity contribution is 0.433. The lowest BCUT2D eigenvalue weighted by atomic mass is 10.3. The summed E-state index contributed by atoms with van der Waals surface area (Å²) >= 11 is 0. The molecule has 0 aliphatic heterocycles. The predicted octanol–water partition coefficient (Wildman–Crippen LogP) is 1.88. The molecule has 1 saturated carbocycles. The van der Waals surface area contributed by atoms with Crippen molar-refractivity contribution < 1.29 is 4.42 Å². The number of hydrogen-bond donors (Lipinski definition) is 1. The van der Waals surface area contributed by atoms with Crippen molar-refractivity contribution >= 4 is 0 Å². The van der Waals surface area contributed by atoms with E-state index in [-0.39, 0.29) is 0 Å². The van der Waals surface area contributed by atoms with E-state index in [0.29, 0.717) is 0 Å². The van der Waals surface area contributed by atoms with Crippen molar-refractivity contribution in [2.75, 3.05) is 0 Å². The summed E-state index contributed by atoms with van der Waals surface area (Å²) in [5, 5.41) is 3.37. The lowest BCUT2D eigenvalue weighted by Gasteiger charge is -1.96. The van der Waals surface area contributed by atoms with Gasteiger partial charge in [0, 0.05) is 12.5 Å². The molecule has 0 amide bonds. The predicted molar refractivity (Wildman–Crippen MR) is 50.4 cm³/mol. The van der Waals surface area contributed by atoms with Crippen LogP contribution in [-0.4, -0.2) is 11.0 Å². The van der Waals surface area contributed by atoms with Gasteiger partial charge < -0.3 is 9.73 Å². The Bertz CT molecular complexity index is 266. The normalized spacial score (nSPS) is 16.4. The van der Waals surface area contributed by atoms with Crippen LogP contribution in [0.1, 0.15) is 37.8 Å². The summed E-state index contributed by atoms with van der Waals surface area (Å²) in [5.41, 5.74) is 0. The number of aryl methyl sites for hydroxylation is 1. The fourth-order valence-corrected chi connectivity index (χ4v) is 1.31. The van der Waals surface area contributed by atoms with Crippen LogP contribution in [0, 0.1) is 0 Å². The Kier molecular flexibility index (Phi) is 2.64. The molecule has 3 heteroatoms. The van der Waals surface area contributed by atoms with Gasteiger partial charge in [-0.1, -0.05) is 6.92 Å². The Hall–Kier alpha value is -0.830. The maximum atomic E-state index is 5.53. The van der Waals surface area contributed by atoms with Gasteiger partial charge in [-0.2, -0.15) is 0 Å². The van der Waals surface area contributed by atoms with Gasteiger partial charge in [-0.3, -0.25) is 0 Å². The van der Waals surface area contributed by atoms with Crippen LogP contribution in [0.4, 0.5) is 0 Å². The van der Waals surface area contributed by atoms with Crippen LogP contribution in [0.3, 0.4) is 0 Å². The first-order valence-electron chi connectivity index (χ1n) is 5.05. The van der Waals surface area contributed by atoms with Gasteiger partial charge >= 0.3 is 0 Å². The average molecular weight is 180 g/mol. The molecule has 1 aliphatic rings. The second kappa shape index (κ2) is 3.92. The standard InChI is InChI=1S/C10H16N2O/c1-2-3-9-6-12-10(13-9)7-11-8-4-5-8/h6,8,11H,2-5,7H2,1H3. The summed E-state index contributed by atoms with van der Waals surface area (Å²) in [6.07, 6.45) is 6.57. The van der Waals surface area contributed by atoms with E-state index >= 15 is 0 Å². The van der Waals surface area contributed by atoms with E-state index in [1.807, 2.05) is 6.20 Å². The number of aromatic nitrogens is 1. The number of rotatable bonds is 5. The molecule has 1 aromatic heterocycles. The van der Waals surface area contributed by atoms with E-state index < -0.39 is 0 Å². The molecule has 1 heterocycles. The van der Waals surface area contributed by atoms with Gasteiger partial charge in [-0.05, 0) is 19.3 Å². The smallest absolute Gasteiger partial charge is 0.208 e. The summed E-state index contributed by atoms with van der Waals surface area (Å²) in [4.78, 5) is 4.21. The van der Waals surface area contributed by atoms with Gasteiger partial charge in [0.25, 0.3) is 0 Å². The summed E-state index contributed by atoms with van der Waals surface area (Å²) in [7, 11) is 0. The van der Waals surface area contributed by atoms with Crippen molar-refractivity contribution in [3.8, 4) is 0 Å². The summed E-state index contributed by atoms with van der Waals surface area (Å²) in [6, 6.07) is 0.724. The molecule has 0 atom stereocenters. The van der Waals surface area contributed by atoms with Crippen LogP contribution in [0.5, 0.6) is 0 Å². The first-order chi connectivity index (χ1) is 6.38. The minimum atomic E-state index is 0.724. The quantitative estimate of drug-likeness (QED) is 0.751. The molecular weight excluding hydrogens is 164 g/mol. The van der Waals surface area contributed by atoms with Crippen molar-refractivity contribution in [2.45, 2.75) is 45.2 Å².